The molecule has 0 aliphatic rings. The van der Waals surface area contributed by atoms with Gasteiger partial charge < -0.3 is 0 Å². The summed E-state index contributed by atoms with van der Waals surface area (Å²) in [6.45, 7) is 1.73. The van der Waals surface area contributed by atoms with Crippen LogP contribution < -0.4 is 4.72 Å². The lowest BCUT2D eigenvalue weighted by molar-refractivity contribution is 0.598. The van der Waals surface area contributed by atoms with Crippen molar-refractivity contribution in [1.29, 1.82) is 0 Å². The van der Waals surface area contributed by atoms with Crippen LogP contribution in [0, 0.1) is 12.7 Å². The van der Waals surface area contributed by atoms with E-state index in [4.69, 9.17) is 0 Å². The maximum atomic E-state index is 13.0. The average Bonchev–Trinajstić information content (AvgIpc) is 2.32. The number of halogens is 3. The Kier molecular flexibility index (Phi) is 4.46. The van der Waals surface area contributed by atoms with Gasteiger partial charge in [0, 0.05) is 15.1 Å². The largest absolute Gasteiger partial charge is 0.264 e. The molecule has 0 unspecified atom stereocenters. The molecule has 1 N–H and O–H groups in total. The summed E-state index contributed by atoms with van der Waals surface area (Å²) < 4.78 is 40.8. The van der Waals surface area contributed by atoms with Gasteiger partial charge in [-0.05, 0) is 68.6 Å². The number of sulfonamides is 1. The monoisotopic (exact) mass is 422 g/mol. The van der Waals surface area contributed by atoms with Gasteiger partial charge in [-0.2, -0.15) is 0 Å². The number of hydrogen-bond donors (Lipinski definition) is 1. The maximum Gasteiger partial charge on any atom is 0.264 e. The highest BCUT2D eigenvalue weighted by molar-refractivity contribution is 9.10. The summed E-state index contributed by atoms with van der Waals surface area (Å²) in [4.78, 5) is 3.96. The van der Waals surface area contributed by atoms with Crippen molar-refractivity contribution in [2.75, 3.05) is 4.72 Å². The Balaban J connectivity index is 2.41. The second kappa shape index (κ2) is 5.79. The number of aromatic nitrogens is 1. The lowest BCUT2D eigenvalue weighted by Crippen LogP contribution is -2.15. The molecule has 2 rings (SSSR count). The highest BCUT2D eigenvalue weighted by Gasteiger charge is 2.19. The van der Waals surface area contributed by atoms with E-state index in [1.54, 1.807) is 13.0 Å². The molecule has 0 atom stereocenters. The third-order valence-corrected chi connectivity index (χ3v) is 5.21. The molecule has 0 radical (unpaired) electrons. The van der Waals surface area contributed by atoms with E-state index in [1.807, 2.05) is 0 Å². The minimum absolute atomic E-state index is 0.0528. The van der Waals surface area contributed by atoms with Crippen LogP contribution in [0.4, 0.5) is 10.2 Å². The van der Waals surface area contributed by atoms with Gasteiger partial charge in [0.25, 0.3) is 10.0 Å². The van der Waals surface area contributed by atoms with Gasteiger partial charge in [-0.3, -0.25) is 4.72 Å². The minimum atomic E-state index is -3.84. The molecule has 0 saturated heterocycles. The lowest BCUT2D eigenvalue weighted by atomic mass is 10.3. The van der Waals surface area contributed by atoms with Crippen LogP contribution in [0.5, 0.6) is 0 Å². The van der Waals surface area contributed by atoms with E-state index < -0.39 is 15.8 Å². The van der Waals surface area contributed by atoms with Crippen LogP contribution in [0.2, 0.25) is 0 Å². The van der Waals surface area contributed by atoms with Crippen molar-refractivity contribution in [3.63, 3.8) is 0 Å². The summed E-state index contributed by atoms with van der Waals surface area (Å²) >= 11 is 6.29. The molecule has 0 saturated carbocycles. The quantitative estimate of drug-likeness (QED) is 0.815. The first-order chi connectivity index (χ1) is 9.29. The Hall–Kier alpha value is -0.990. The zero-order chi connectivity index (χ0) is 14.9. The second-order valence-electron chi connectivity index (χ2n) is 4.00. The second-order valence-corrected chi connectivity index (χ2v) is 7.42. The van der Waals surface area contributed by atoms with E-state index in [1.165, 1.54) is 12.3 Å². The van der Waals surface area contributed by atoms with Crippen molar-refractivity contribution in [1.82, 2.24) is 4.98 Å². The molecule has 2 aromatic rings. The fraction of sp³-hybridized carbons (Fsp3) is 0.0833. The summed E-state index contributed by atoms with van der Waals surface area (Å²) in [5, 5.41) is 0. The number of benzene rings is 1. The molecule has 1 aromatic carbocycles. The van der Waals surface area contributed by atoms with Crippen molar-refractivity contribution in [3.8, 4) is 0 Å². The fourth-order valence-corrected chi connectivity index (χ4v) is 4.10. The highest BCUT2D eigenvalue weighted by Crippen LogP contribution is 2.26. The van der Waals surface area contributed by atoms with Crippen molar-refractivity contribution >= 4 is 47.7 Å². The Morgan fingerprint density at radius 1 is 1.25 bits per heavy atom. The summed E-state index contributed by atoms with van der Waals surface area (Å²) in [5.74, 6) is -0.293. The van der Waals surface area contributed by atoms with Crippen LogP contribution in [0.3, 0.4) is 0 Å². The zero-order valence-corrected chi connectivity index (χ0v) is 14.2. The van der Waals surface area contributed by atoms with E-state index in [2.05, 4.69) is 41.6 Å². The van der Waals surface area contributed by atoms with Crippen molar-refractivity contribution < 1.29 is 12.8 Å². The summed E-state index contributed by atoms with van der Waals surface area (Å²) in [6.07, 6.45) is 1.49. The van der Waals surface area contributed by atoms with E-state index in [9.17, 15) is 12.8 Å². The predicted molar refractivity (Wildman–Crippen MR) is 81.6 cm³/mol. The standard InChI is InChI=1S/C12H9Br2FN2O2S/c1-7-4-8(13)6-16-12(7)17-20(18,19)11-3-2-9(15)5-10(11)14/h2-6H,1H3,(H,16,17). The van der Waals surface area contributed by atoms with Crippen LogP contribution in [-0.2, 0) is 10.0 Å². The first-order valence-corrected chi connectivity index (χ1v) is 8.46. The summed E-state index contributed by atoms with van der Waals surface area (Å²) in [7, 11) is -3.84. The summed E-state index contributed by atoms with van der Waals surface area (Å²) in [5.41, 5.74) is 0.668. The van der Waals surface area contributed by atoms with Gasteiger partial charge in [-0.15, -0.1) is 0 Å². The normalized spacial score (nSPS) is 11.4. The molecule has 0 amide bonds. The minimum Gasteiger partial charge on any atom is -0.263 e. The molecular weight excluding hydrogens is 415 g/mol. The smallest absolute Gasteiger partial charge is 0.263 e. The van der Waals surface area contributed by atoms with Crippen molar-refractivity contribution in [2.24, 2.45) is 0 Å². The topological polar surface area (TPSA) is 59.1 Å². The molecule has 0 aliphatic carbocycles. The average molecular weight is 424 g/mol. The molecule has 0 bridgehead atoms. The van der Waals surface area contributed by atoms with Crippen LogP contribution in [-0.4, -0.2) is 13.4 Å². The van der Waals surface area contributed by atoms with Crippen molar-refractivity contribution in [3.05, 3.63) is 50.8 Å². The highest BCUT2D eigenvalue weighted by atomic mass is 79.9. The zero-order valence-electron chi connectivity index (χ0n) is 10.2. The number of anilines is 1. The van der Waals surface area contributed by atoms with Gasteiger partial charge >= 0.3 is 0 Å². The Bertz CT molecular complexity index is 766. The number of hydrogen-bond acceptors (Lipinski definition) is 3. The molecule has 8 heteroatoms. The maximum absolute atomic E-state index is 13.0. The number of rotatable bonds is 3. The third kappa shape index (κ3) is 3.36. The first kappa shape index (κ1) is 15.4. The summed E-state index contributed by atoms with van der Waals surface area (Å²) in [6, 6.07) is 5.11. The van der Waals surface area contributed by atoms with Gasteiger partial charge in [0.2, 0.25) is 0 Å². The van der Waals surface area contributed by atoms with Crippen LogP contribution in [0.25, 0.3) is 0 Å². The predicted octanol–water partition coefficient (Wildman–Crippen LogP) is 3.85. The van der Waals surface area contributed by atoms with Crippen LogP contribution in [0.15, 0.2) is 44.3 Å². The SMILES string of the molecule is Cc1cc(Br)cnc1NS(=O)(=O)c1ccc(F)cc1Br. The number of nitrogens with one attached hydrogen (secondary N) is 1. The van der Waals surface area contributed by atoms with E-state index in [0.717, 1.165) is 16.6 Å². The molecule has 1 heterocycles. The molecule has 106 valence electrons. The molecule has 4 nitrogen and oxygen atoms in total. The van der Waals surface area contributed by atoms with E-state index >= 15 is 0 Å². The molecule has 0 fully saturated rings. The van der Waals surface area contributed by atoms with E-state index in [-0.39, 0.29) is 15.2 Å². The van der Waals surface area contributed by atoms with Crippen molar-refractivity contribution in [2.45, 2.75) is 11.8 Å². The van der Waals surface area contributed by atoms with Gasteiger partial charge in [0.05, 0.1) is 0 Å². The Labute approximate surface area is 132 Å². The lowest BCUT2D eigenvalue weighted by Gasteiger charge is -2.11. The van der Waals surface area contributed by atoms with Gasteiger partial charge in [-0.25, -0.2) is 17.8 Å². The molecule has 20 heavy (non-hydrogen) atoms. The third-order valence-electron chi connectivity index (χ3n) is 2.46. The molecule has 0 spiro atoms. The molecule has 0 aliphatic heterocycles. The number of nitrogens with zero attached hydrogens (tertiary/aromatic N) is 1. The molecular formula is C12H9Br2FN2O2S. The number of pyridine rings is 1. The van der Waals surface area contributed by atoms with Gasteiger partial charge in [0.15, 0.2) is 0 Å². The number of aryl methyl sites for hydroxylation is 1. The van der Waals surface area contributed by atoms with Gasteiger partial charge in [-0.1, -0.05) is 0 Å². The van der Waals surface area contributed by atoms with E-state index in [0.29, 0.717) is 5.56 Å². The van der Waals surface area contributed by atoms with Gasteiger partial charge in [0.1, 0.15) is 16.5 Å². The first-order valence-electron chi connectivity index (χ1n) is 5.39. The molecule has 1 aromatic heterocycles. The Morgan fingerprint density at radius 3 is 2.55 bits per heavy atom. The Morgan fingerprint density at radius 2 is 1.95 bits per heavy atom. The van der Waals surface area contributed by atoms with Crippen LogP contribution >= 0.6 is 31.9 Å². The van der Waals surface area contributed by atoms with Crippen LogP contribution in [0.1, 0.15) is 5.56 Å². The fourth-order valence-electron chi connectivity index (χ4n) is 1.52.